The maximum atomic E-state index is 11.8. The second kappa shape index (κ2) is 5.67. The molecule has 1 fully saturated rings. The van der Waals surface area contributed by atoms with Crippen LogP contribution >= 0.6 is 0 Å². The van der Waals surface area contributed by atoms with Crippen LogP contribution in [0.1, 0.15) is 13.2 Å². The van der Waals surface area contributed by atoms with E-state index >= 15 is 0 Å². The van der Waals surface area contributed by atoms with Gasteiger partial charge in [0.05, 0.1) is 6.61 Å². The van der Waals surface area contributed by atoms with Gasteiger partial charge in [0.2, 0.25) is 5.91 Å². The molecule has 20 heavy (non-hydrogen) atoms. The fraction of sp³-hybridized carbons (Fsp3) is 0.545. The summed E-state index contributed by atoms with van der Waals surface area (Å²) in [6.07, 6.45) is -3.50. The minimum atomic E-state index is -1.36. The smallest absolute Gasteiger partial charge is 0.351 e. The number of aliphatic hydroxyl groups is 3. The van der Waals surface area contributed by atoms with E-state index in [4.69, 9.17) is 9.84 Å². The number of ether oxygens (including phenoxy) is 1. The molecular formula is C11H15N3O6. The number of anilines is 1. The van der Waals surface area contributed by atoms with Gasteiger partial charge in [0.1, 0.15) is 24.1 Å². The molecule has 2 heterocycles. The van der Waals surface area contributed by atoms with Crippen LogP contribution in [0.2, 0.25) is 0 Å². The zero-order valence-corrected chi connectivity index (χ0v) is 10.6. The predicted molar refractivity (Wildman–Crippen MR) is 65.8 cm³/mol. The number of hydrogen-bond acceptors (Lipinski definition) is 7. The van der Waals surface area contributed by atoms with Crippen molar-refractivity contribution in [2.75, 3.05) is 11.9 Å². The number of carbonyl (C=O) groups excluding carboxylic acids is 1. The predicted octanol–water partition coefficient (Wildman–Crippen LogP) is -2.19. The zero-order valence-electron chi connectivity index (χ0n) is 10.6. The summed E-state index contributed by atoms with van der Waals surface area (Å²) < 4.78 is 6.19. The Morgan fingerprint density at radius 3 is 2.70 bits per heavy atom. The van der Waals surface area contributed by atoms with Gasteiger partial charge < -0.3 is 25.4 Å². The van der Waals surface area contributed by atoms with E-state index in [2.05, 4.69) is 10.3 Å². The van der Waals surface area contributed by atoms with Crippen LogP contribution in [0, 0.1) is 0 Å². The molecule has 1 amide bonds. The number of carbonyl (C=O) groups is 1. The molecule has 1 aliphatic heterocycles. The molecule has 9 nitrogen and oxygen atoms in total. The lowest BCUT2D eigenvalue weighted by atomic mass is 10.1. The molecule has 4 N–H and O–H groups in total. The van der Waals surface area contributed by atoms with Gasteiger partial charge in [0, 0.05) is 13.1 Å². The third-order valence-electron chi connectivity index (χ3n) is 2.93. The molecule has 4 atom stereocenters. The van der Waals surface area contributed by atoms with E-state index in [0.29, 0.717) is 0 Å². The first-order chi connectivity index (χ1) is 9.43. The summed E-state index contributed by atoms with van der Waals surface area (Å²) in [5.41, 5.74) is -0.758. The summed E-state index contributed by atoms with van der Waals surface area (Å²) in [6, 6.07) is 1.36. The Balaban J connectivity index is 2.26. The van der Waals surface area contributed by atoms with Crippen molar-refractivity contribution in [2.45, 2.75) is 31.5 Å². The van der Waals surface area contributed by atoms with Crippen LogP contribution in [0.4, 0.5) is 5.82 Å². The lowest BCUT2D eigenvalue weighted by Crippen LogP contribution is -2.36. The molecule has 1 saturated heterocycles. The average Bonchev–Trinajstić information content (AvgIpc) is 2.66. The normalized spacial score (nSPS) is 29.4. The third-order valence-corrected chi connectivity index (χ3v) is 2.93. The van der Waals surface area contributed by atoms with Crippen molar-refractivity contribution in [1.29, 1.82) is 0 Å². The van der Waals surface area contributed by atoms with Crippen LogP contribution in [0.25, 0.3) is 0 Å². The van der Waals surface area contributed by atoms with Gasteiger partial charge in [-0.15, -0.1) is 0 Å². The number of nitrogens with zero attached hydrogens (tertiary/aromatic N) is 2. The van der Waals surface area contributed by atoms with Crippen molar-refractivity contribution in [3.8, 4) is 0 Å². The molecule has 0 bridgehead atoms. The van der Waals surface area contributed by atoms with Crippen LogP contribution in [-0.4, -0.2) is 55.7 Å². The maximum absolute atomic E-state index is 11.8. The van der Waals surface area contributed by atoms with E-state index in [1.54, 1.807) is 0 Å². The van der Waals surface area contributed by atoms with Crippen LogP contribution in [0.15, 0.2) is 17.1 Å². The standard InChI is InChI=1S/C11H15N3O6/c1-5(16)12-7-2-3-14(11(19)13-7)10-9(18)8(17)6(4-15)20-10/h2-3,6,8-10,15,17-18H,4H2,1H3,(H,12,13,16,19)/t6?,8?,9-,10?/m0/s1. The van der Waals surface area contributed by atoms with Gasteiger partial charge in [-0.2, -0.15) is 4.98 Å². The Bertz CT molecular complexity index is 559. The van der Waals surface area contributed by atoms with Crippen molar-refractivity contribution in [3.63, 3.8) is 0 Å². The van der Waals surface area contributed by atoms with Crippen LogP contribution in [0.5, 0.6) is 0 Å². The number of amides is 1. The van der Waals surface area contributed by atoms with Crippen molar-refractivity contribution < 1.29 is 24.9 Å². The van der Waals surface area contributed by atoms with E-state index in [1.165, 1.54) is 19.2 Å². The quantitative estimate of drug-likeness (QED) is 0.495. The van der Waals surface area contributed by atoms with E-state index in [9.17, 15) is 19.8 Å². The highest BCUT2D eigenvalue weighted by atomic mass is 16.6. The Kier molecular flexibility index (Phi) is 4.14. The molecule has 0 spiro atoms. The van der Waals surface area contributed by atoms with Crippen molar-refractivity contribution in [2.24, 2.45) is 0 Å². The fourth-order valence-electron chi connectivity index (χ4n) is 1.97. The van der Waals surface area contributed by atoms with Gasteiger partial charge in [-0.3, -0.25) is 9.36 Å². The average molecular weight is 285 g/mol. The molecule has 0 radical (unpaired) electrons. The molecule has 1 aliphatic rings. The second-order valence-corrected chi connectivity index (χ2v) is 4.41. The number of hydrogen-bond donors (Lipinski definition) is 4. The van der Waals surface area contributed by atoms with Gasteiger partial charge in [0.15, 0.2) is 6.23 Å². The van der Waals surface area contributed by atoms with Crippen LogP contribution < -0.4 is 11.0 Å². The van der Waals surface area contributed by atoms with Crippen molar-refractivity contribution in [1.82, 2.24) is 9.55 Å². The van der Waals surface area contributed by atoms with Crippen LogP contribution in [0.3, 0.4) is 0 Å². The molecule has 0 aliphatic carbocycles. The highest BCUT2D eigenvalue weighted by molar-refractivity contribution is 5.87. The first-order valence-corrected chi connectivity index (χ1v) is 5.93. The third kappa shape index (κ3) is 2.70. The Hall–Kier alpha value is -1.81. The van der Waals surface area contributed by atoms with E-state index in [-0.39, 0.29) is 11.7 Å². The number of rotatable bonds is 3. The van der Waals surface area contributed by atoms with Gasteiger partial charge in [-0.05, 0) is 6.07 Å². The van der Waals surface area contributed by atoms with Gasteiger partial charge in [-0.1, -0.05) is 0 Å². The van der Waals surface area contributed by atoms with Gasteiger partial charge in [-0.25, -0.2) is 4.79 Å². The molecular weight excluding hydrogens is 270 g/mol. The topological polar surface area (TPSA) is 134 Å². The number of nitrogens with one attached hydrogen (secondary N) is 1. The summed E-state index contributed by atoms with van der Waals surface area (Å²) in [5, 5.41) is 30.8. The molecule has 2 rings (SSSR count). The summed E-state index contributed by atoms with van der Waals surface area (Å²) in [7, 11) is 0. The van der Waals surface area contributed by atoms with Crippen LogP contribution in [-0.2, 0) is 9.53 Å². The maximum Gasteiger partial charge on any atom is 0.351 e. The minimum Gasteiger partial charge on any atom is -0.394 e. The van der Waals surface area contributed by atoms with Crippen molar-refractivity contribution in [3.05, 3.63) is 22.7 Å². The fourth-order valence-corrected chi connectivity index (χ4v) is 1.97. The molecule has 0 aromatic carbocycles. The first-order valence-electron chi connectivity index (χ1n) is 5.93. The minimum absolute atomic E-state index is 0.0745. The first kappa shape index (κ1) is 14.6. The SMILES string of the molecule is CC(=O)Nc1ccn(C2OC(CO)C(O)[C@@H]2O)c(=O)n1. The highest BCUT2D eigenvalue weighted by Crippen LogP contribution is 2.27. The largest absolute Gasteiger partial charge is 0.394 e. The Labute approximate surface area is 113 Å². The molecule has 9 heteroatoms. The number of aromatic nitrogens is 2. The molecule has 110 valence electrons. The van der Waals surface area contributed by atoms with Gasteiger partial charge in [0.25, 0.3) is 0 Å². The van der Waals surface area contributed by atoms with E-state index in [1.807, 2.05) is 0 Å². The highest BCUT2D eigenvalue weighted by Gasteiger charge is 2.43. The van der Waals surface area contributed by atoms with E-state index < -0.39 is 36.8 Å². The van der Waals surface area contributed by atoms with E-state index in [0.717, 1.165) is 4.57 Å². The summed E-state index contributed by atoms with van der Waals surface area (Å²) in [4.78, 5) is 26.3. The Morgan fingerprint density at radius 1 is 1.50 bits per heavy atom. The summed E-state index contributed by atoms with van der Waals surface area (Å²) >= 11 is 0. The number of aliphatic hydroxyl groups excluding tert-OH is 3. The lowest BCUT2D eigenvalue weighted by Gasteiger charge is -2.17. The molecule has 3 unspecified atom stereocenters. The summed E-state index contributed by atoms with van der Waals surface area (Å²) in [5.74, 6) is -0.298. The lowest BCUT2D eigenvalue weighted by molar-refractivity contribution is -0.114. The molecule has 1 aromatic rings. The zero-order chi connectivity index (χ0) is 14.9. The van der Waals surface area contributed by atoms with Crippen molar-refractivity contribution >= 4 is 11.7 Å². The summed E-state index contributed by atoms with van der Waals surface area (Å²) in [6.45, 7) is 0.792. The second-order valence-electron chi connectivity index (χ2n) is 4.41. The molecule has 1 aromatic heterocycles. The molecule has 0 saturated carbocycles. The monoisotopic (exact) mass is 285 g/mol. The van der Waals surface area contributed by atoms with Gasteiger partial charge >= 0.3 is 5.69 Å². The Morgan fingerprint density at radius 2 is 2.20 bits per heavy atom.